The Bertz CT molecular complexity index is 942. The van der Waals surface area contributed by atoms with Crippen LogP contribution in [0.15, 0.2) is 69.4 Å². The van der Waals surface area contributed by atoms with Gasteiger partial charge in [0, 0.05) is 22.6 Å². The second kappa shape index (κ2) is 6.93. The Hall–Kier alpha value is -2.52. The number of halogens is 1. The van der Waals surface area contributed by atoms with Gasteiger partial charge in [0.1, 0.15) is 17.9 Å². The quantitative estimate of drug-likeness (QED) is 0.603. The number of rotatable bonds is 5. The van der Waals surface area contributed by atoms with Crippen molar-refractivity contribution in [3.8, 4) is 16.9 Å². The first kappa shape index (κ1) is 16.3. The average Bonchev–Trinajstić information content (AvgIpc) is 2.59. The lowest BCUT2D eigenvalue weighted by atomic mass is 9.99. The summed E-state index contributed by atoms with van der Waals surface area (Å²) in [5, 5.41) is 1.30. The minimum atomic E-state index is -0.390. The SMILES string of the molecule is C=C(Cl)COc1cc2oc(=O)cc(-c3ccccc3)c2cc1CC. The highest BCUT2D eigenvalue weighted by molar-refractivity contribution is 6.29. The summed E-state index contributed by atoms with van der Waals surface area (Å²) in [6, 6.07) is 15.1. The second-order valence-electron chi connectivity index (χ2n) is 5.46. The van der Waals surface area contributed by atoms with Crippen LogP contribution in [0, 0.1) is 0 Å². The average molecular weight is 341 g/mol. The van der Waals surface area contributed by atoms with Crippen LogP contribution >= 0.6 is 11.6 Å². The lowest BCUT2D eigenvalue weighted by Gasteiger charge is -2.13. The second-order valence-corrected chi connectivity index (χ2v) is 6.00. The summed E-state index contributed by atoms with van der Waals surface area (Å²) in [5.74, 6) is 0.653. The Morgan fingerprint density at radius 2 is 1.96 bits per heavy atom. The van der Waals surface area contributed by atoms with Crippen LogP contribution in [0.25, 0.3) is 22.1 Å². The molecule has 0 unspecified atom stereocenters. The first-order valence-electron chi connectivity index (χ1n) is 7.70. The van der Waals surface area contributed by atoms with Crippen LogP contribution in [-0.2, 0) is 6.42 Å². The lowest BCUT2D eigenvalue weighted by Crippen LogP contribution is -2.02. The van der Waals surface area contributed by atoms with Gasteiger partial charge in [-0.15, -0.1) is 0 Å². The molecule has 0 saturated carbocycles. The fraction of sp³-hybridized carbons (Fsp3) is 0.150. The predicted molar refractivity (Wildman–Crippen MR) is 97.8 cm³/mol. The molecule has 4 heteroatoms. The van der Waals surface area contributed by atoms with E-state index in [0.717, 1.165) is 28.5 Å². The van der Waals surface area contributed by atoms with Crippen molar-refractivity contribution in [3.63, 3.8) is 0 Å². The summed E-state index contributed by atoms with van der Waals surface area (Å²) in [4.78, 5) is 12.0. The summed E-state index contributed by atoms with van der Waals surface area (Å²) >= 11 is 5.78. The molecule has 0 amide bonds. The summed E-state index contributed by atoms with van der Waals surface area (Å²) in [7, 11) is 0. The minimum Gasteiger partial charge on any atom is -0.488 e. The predicted octanol–water partition coefficient (Wildman–Crippen LogP) is 5.15. The van der Waals surface area contributed by atoms with Gasteiger partial charge in [-0.25, -0.2) is 4.79 Å². The van der Waals surface area contributed by atoms with Crippen LogP contribution in [0.1, 0.15) is 12.5 Å². The molecule has 0 fully saturated rings. The standard InChI is InChI=1S/C20H17ClO3/c1-3-14-9-17-16(15-7-5-4-6-8-15)10-20(22)24-19(17)11-18(14)23-12-13(2)21/h4-11H,2-3,12H2,1H3. The third-order valence-electron chi connectivity index (χ3n) is 3.78. The molecule has 0 atom stereocenters. The van der Waals surface area contributed by atoms with E-state index in [2.05, 4.69) is 6.58 Å². The molecule has 0 saturated heterocycles. The molecule has 3 rings (SSSR count). The molecule has 24 heavy (non-hydrogen) atoms. The fourth-order valence-electron chi connectivity index (χ4n) is 2.66. The van der Waals surface area contributed by atoms with Gasteiger partial charge in [-0.05, 0) is 29.2 Å². The summed E-state index contributed by atoms with van der Waals surface area (Å²) < 4.78 is 11.1. The number of fused-ring (bicyclic) bond motifs is 1. The number of ether oxygens (including phenoxy) is 1. The minimum absolute atomic E-state index is 0.211. The number of benzene rings is 2. The van der Waals surface area contributed by atoms with E-state index in [4.69, 9.17) is 20.8 Å². The van der Waals surface area contributed by atoms with Crippen molar-refractivity contribution in [2.24, 2.45) is 0 Å². The van der Waals surface area contributed by atoms with Gasteiger partial charge >= 0.3 is 5.63 Å². The molecule has 0 bridgehead atoms. The summed E-state index contributed by atoms with van der Waals surface area (Å²) in [5.41, 5.74) is 2.95. The van der Waals surface area contributed by atoms with Crippen LogP contribution in [0.4, 0.5) is 0 Å². The molecule has 3 nitrogen and oxygen atoms in total. The van der Waals surface area contributed by atoms with Crippen LogP contribution in [-0.4, -0.2) is 6.61 Å². The Morgan fingerprint density at radius 3 is 2.62 bits per heavy atom. The maximum atomic E-state index is 12.0. The first-order valence-corrected chi connectivity index (χ1v) is 8.08. The Balaban J connectivity index is 2.21. The van der Waals surface area contributed by atoms with Crippen molar-refractivity contribution < 1.29 is 9.15 Å². The highest BCUT2D eigenvalue weighted by Gasteiger charge is 2.12. The third-order valence-corrected chi connectivity index (χ3v) is 3.88. The molecular formula is C20H17ClO3. The molecular weight excluding hydrogens is 324 g/mol. The van der Waals surface area contributed by atoms with Gasteiger partial charge in [-0.1, -0.05) is 55.4 Å². The van der Waals surface area contributed by atoms with Gasteiger partial charge in [-0.3, -0.25) is 0 Å². The summed E-state index contributed by atoms with van der Waals surface area (Å²) in [6.07, 6.45) is 0.785. The molecule has 1 heterocycles. The van der Waals surface area contributed by atoms with Crippen LogP contribution < -0.4 is 10.4 Å². The van der Waals surface area contributed by atoms with Crippen molar-refractivity contribution in [1.82, 2.24) is 0 Å². The molecule has 0 aliphatic heterocycles. The lowest BCUT2D eigenvalue weighted by molar-refractivity contribution is 0.355. The van der Waals surface area contributed by atoms with Gasteiger partial charge in [0.15, 0.2) is 0 Å². The largest absolute Gasteiger partial charge is 0.488 e. The number of aryl methyl sites for hydroxylation is 1. The smallest absolute Gasteiger partial charge is 0.336 e. The molecule has 0 aliphatic carbocycles. The molecule has 1 aromatic heterocycles. The Labute approximate surface area is 145 Å². The molecule has 3 aromatic rings. The van der Waals surface area contributed by atoms with Gasteiger partial charge in [0.05, 0.1) is 0 Å². The van der Waals surface area contributed by atoms with Crippen molar-refractivity contribution in [1.29, 1.82) is 0 Å². The summed E-state index contributed by atoms with van der Waals surface area (Å²) in [6.45, 7) is 5.88. The highest BCUT2D eigenvalue weighted by Crippen LogP contribution is 2.32. The van der Waals surface area contributed by atoms with Crippen molar-refractivity contribution in [2.45, 2.75) is 13.3 Å². The zero-order valence-corrected chi connectivity index (χ0v) is 14.1. The molecule has 122 valence electrons. The Morgan fingerprint density at radius 1 is 1.21 bits per heavy atom. The number of hydrogen-bond acceptors (Lipinski definition) is 3. The van der Waals surface area contributed by atoms with Crippen LogP contribution in [0.3, 0.4) is 0 Å². The van der Waals surface area contributed by atoms with Crippen LogP contribution in [0.5, 0.6) is 5.75 Å². The monoisotopic (exact) mass is 340 g/mol. The maximum Gasteiger partial charge on any atom is 0.336 e. The third kappa shape index (κ3) is 3.36. The van der Waals surface area contributed by atoms with E-state index >= 15 is 0 Å². The molecule has 0 N–H and O–H groups in total. The zero-order valence-electron chi connectivity index (χ0n) is 13.3. The fourth-order valence-corrected chi connectivity index (χ4v) is 2.71. The van der Waals surface area contributed by atoms with Gasteiger partial charge < -0.3 is 9.15 Å². The highest BCUT2D eigenvalue weighted by atomic mass is 35.5. The Kier molecular flexibility index (Phi) is 4.72. The van der Waals surface area contributed by atoms with E-state index < -0.39 is 5.63 Å². The van der Waals surface area contributed by atoms with E-state index in [-0.39, 0.29) is 6.61 Å². The maximum absolute atomic E-state index is 12.0. The molecule has 0 aliphatic rings. The van der Waals surface area contributed by atoms with E-state index in [1.165, 1.54) is 6.07 Å². The van der Waals surface area contributed by atoms with Gasteiger partial charge in [-0.2, -0.15) is 0 Å². The normalized spacial score (nSPS) is 10.8. The topological polar surface area (TPSA) is 39.4 Å². The molecule has 0 spiro atoms. The van der Waals surface area contributed by atoms with E-state index in [1.54, 1.807) is 6.07 Å². The van der Waals surface area contributed by atoms with Gasteiger partial charge in [0.2, 0.25) is 0 Å². The van der Waals surface area contributed by atoms with E-state index in [9.17, 15) is 4.79 Å². The number of hydrogen-bond donors (Lipinski definition) is 0. The van der Waals surface area contributed by atoms with E-state index in [1.807, 2.05) is 43.3 Å². The van der Waals surface area contributed by atoms with Crippen LogP contribution in [0.2, 0.25) is 0 Å². The zero-order chi connectivity index (χ0) is 17.1. The van der Waals surface area contributed by atoms with Crippen molar-refractivity contribution in [3.05, 3.63) is 76.1 Å². The molecule has 0 radical (unpaired) electrons. The molecule has 2 aromatic carbocycles. The first-order chi connectivity index (χ1) is 11.6. The van der Waals surface area contributed by atoms with Crippen molar-refractivity contribution >= 4 is 22.6 Å². The van der Waals surface area contributed by atoms with Gasteiger partial charge in [0.25, 0.3) is 0 Å². The van der Waals surface area contributed by atoms with E-state index in [0.29, 0.717) is 16.4 Å². The van der Waals surface area contributed by atoms with Crippen molar-refractivity contribution in [2.75, 3.05) is 6.61 Å².